The number of aryl methyl sites for hydroxylation is 2. The third-order valence-corrected chi connectivity index (χ3v) is 3.40. The highest BCUT2D eigenvalue weighted by molar-refractivity contribution is 9.10. The number of halogens is 1. The van der Waals surface area contributed by atoms with Gasteiger partial charge in [-0.1, -0.05) is 28.1 Å². The van der Waals surface area contributed by atoms with E-state index >= 15 is 0 Å². The first-order valence-corrected chi connectivity index (χ1v) is 6.00. The monoisotopic (exact) mass is 262 g/mol. The summed E-state index contributed by atoms with van der Waals surface area (Å²) in [5.74, 6) is 2.19. The fraction of sp³-hybridized carbons (Fsp3) is 0.231. The molecular weight excluding hydrogens is 252 g/mol. The smallest absolute Gasteiger partial charge is 0.134 e. The molecule has 0 radical (unpaired) electrons. The number of benzene rings is 1. The van der Waals surface area contributed by atoms with Crippen LogP contribution in [0.3, 0.4) is 0 Å². The Morgan fingerprint density at radius 1 is 1.07 bits per heavy atom. The standard InChI is InChI=1S/C13H11BrO/c14-11-6-4-9(5-7-11)13-8-10-2-1-3-12(10)15-13/h4-8H,1-3H2. The molecule has 0 atom stereocenters. The zero-order valence-corrected chi connectivity index (χ0v) is 9.88. The summed E-state index contributed by atoms with van der Waals surface area (Å²) in [6.45, 7) is 0. The van der Waals surface area contributed by atoms with Gasteiger partial charge in [0.25, 0.3) is 0 Å². The first kappa shape index (κ1) is 9.22. The molecule has 76 valence electrons. The summed E-state index contributed by atoms with van der Waals surface area (Å²) in [7, 11) is 0. The Bertz CT molecular complexity index is 460. The Labute approximate surface area is 97.2 Å². The third kappa shape index (κ3) is 1.63. The number of hydrogen-bond acceptors (Lipinski definition) is 1. The Kier molecular flexibility index (Phi) is 2.17. The van der Waals surface area contributed by atoms with E-state index in [0.717, 1.165) is 22.2 Å². The van der Waals surface area contributed by atoms with E-state index in [1.54, 1.807) is 0 Å². The van der Waals surface area contributed by atoms with Crippen LogP contribution in [0.4, 0.5) is 0 Å². The highest BCUT2D eigenvalue weighted by atomic mass is 79.9. The molecule has 0 fully saturated rings. The van der Waals surface area contributed by atoms with Crippen molar-refractivity contribution in [1.82, 2.24) is 0 Å². The fourth-order valence-corrected chi connectivity index (χ4v) is 2.35. The van der Waals surface area contributed by atoms with Gasteiger partial charge < -0.3 is 4.42 Å². The van der Waals surface area contributed by atoms with Gasteiger partial charge in [-0.25, -0.2) is 0 Å². The minimum absolute atomic E-state index is 1.01. The van der Waals surface area contributed by atoms with Crippen LogP contribution in [0, 0.1) is 0 Å². The van der Waals surface area contributed by atoms with Crippen molar-refractivity contribution < 1.29 is 4.42 Å². The van der Waals surface area contributed by atoms with Crippen molar-refractivity contribution >= 4 is 15.9 Å². The average Bonchev–Trinajstić information content (AvgIpc) is 2.78. The largest absolute Gasteiger partial charge is 0.461 e. The lowest BCUT2D eigenvalue weighted by atomic mass is 10.1. The van der Waals surface area contributed by atoms with Crippen molar-refractivity contribution in [3.8, 4) is 11.3 Å². The second-order valence-electron chi connectivity index (χ2n) is 3.92. The Morgan fingerprint density at radius 2 is 1.87 bits per heavy atom. The van der Waals surface area contributed by atoms with Gasteiger partial charge in [-0.05, 0) is 36.6 Å². The molecule has 0 bridgehead atoms. The van der Waals surface area contributed by atoms with Gasteiger partial charge in [0.05, 0.1) is 0 Å². The highest BCUT2D eigenvalue weighted by Gasteiger charge is 2.17. The van der Waals surface area contributed by atoms with Gasteiger partial charge in [-0.15, -0.1) is 0 Å². The lowest BCUT2D eigenvalue weighted by Gasteiger charge is -1.97. The van der Waals surface area contributed by atoms with Crippen LogP contribution in [0.1, 0.15) is 17.7 Å². The van der Waals surface area contributed by atoms with Crippen LogP contribution in [-0.4, -0.2) is 0 Å². The summed E-state index contributed by atoms with van der Waals surface area (Å²) in [6.07, 6.45) is 3.52. The molecule has 15 heavy (non-hydrogen) atoms. The van der Waals surface area contributed by atoms with Crippen molar-refractivity contribution in [1.29, 1.82) is 0 Å². The lowest BCUT2D eigenvalue weighted by Crippen LogP contribution is -1.75. The molecule has 0 spiro atoms. The van der Waals surface area contributed by atoms with E-state index in [-0.39, 0.29) is 0 Å². The third-order valence-electron chi connectivity index (χ3n) is 2.88. The van der Waals surface area contributed by atoms with Gasteiger partial charge in [0.15, 0.2) is 0 Å². The molecule has 0 aliphatic heterocycles. The van der Waals surface area contributed by atoms with Gasteiger partial charge in [0, 0.05) is 16.5 Å². The Hall–Kier alpha value is -1.02. The number of furan rings is 1. The van der Waals surface area contributed by atoms with Crippen LogP contribution < -0.4 is 0 Å². The van der Waals surface area contributed by atoms with Gasteiger partial charge in [-0.3, -0.25) is 0 Å². The maximum atomic E-state index is 5.84. The second kappa shape index (κ2) is 3.53. The van der Waals surface area contributed by atoms with Gasteiger partial charge in [0.1, 0.15) is 11.5 Å². The molecule has 2 heteroatoms. The first-order chi connectivity index (χ1) is 7.33. The van der Waals surface area contributed by atoms with Crippen LogP contribution in [0.2, 0.25) is 0 Å². The lowest BCUT2D eigenvalue weighted by molar-refractivity contribution is 0.529. The topological polar surface area (TPSA) is 13.1 Å². The second-order valence-corrected chi connectivity index (χ2v) is 4.84. The minimum atomic E-state index is 1.01. The minimum Gasteiger partial charge on any atom is -0.461 e. The van der Waals surface area contributed by atoms with E-state index < -0.39 is 0 Å². The molecule has 2 aromatic rings. The molecule has 1 heterocycles. The molecule has 1 aromatic carbocycles. The Morgan fingerprint density at radius 3 is 2.60 bits per heavy atom. The van der Waals surface area contributed by atoms with Crippen molar-refractivity contribution in [3.05, 3.63) is 46.1 Å². The summed E-state index contributed by atoms with van der Waals surface area (Å²) in [4.78, 5) is 0. The molecule has 3 rings (SSSR count). The highest BCUT2D eigenvalue weighted by Crippen LogP contribution is 2.31. The molecule has 0 amide bonds. The zero-order valence-electron chi connectivity index (χ0n) is 8.29. The molecule has 0 unspecified atom stereocenters. The molecule has 1 aliphatic rings. The molecule has 0 N–H and O–H groups in total. The first-order valence-electron chi connectivity index (χ1n) is 5.20. The Balaban J connectivity index is 2.02. The number of rotatable bonds is 1. The molecule has 1 aliphatic carbocycles. The van der Waals surface area contributed by atoms with Crippen molar-refractivity contribution in [2.45, 2.75) is 19.3 Å². The van der Waals surface area contributed by atoms with Gasteiger partial charge in [-0.2, -0.15) is 0 Å². The van der Waals surface area contributed by atoms with Crippen molar-refractivity contribution in [3.63, 3.8) is 0 Å². The van der Waals surface area contributed by atoms with E-state index in [2.05, 4.69) is 34.1 Å². The van der Waals surface area contributed by atoms with E-state index in [9.17, 15) is 0 Å². The van der Waals surface area contributed by atoms with Crippen LogP contribution in [-0.2, 0) is 12.8 Å². The average molecular weight is 263 g/mol. The summed E-state index contributed by atoms with van der Waals surface area (Å²) in [6, 6.07) is 10.4. The van der Waals surface area contributed by atoms with Gasteiger partial charge in [0.2, 0.25) is 0 Å². The van der Waals surface area contributed by atoms with E-state index in [0.29, 0.717) is 0 Å². The summed E-state index contributed by atoms with van der Waals surface area (Å²) < 4.78 is 6.94. The molecule has 0 saturated heterocycles. The number of fused-ring (bicyclic) bond motifs is 1. The molecule has 0 saturated carbocycles. The molecule has 1 nitrogen and oxygen atoms in total. The quantitative estimate of drug-likeness (QED) is 0.751. The van der Waals surface area contributed by atoms with Crippen LogP contribution >= 0.6 is 15.9 Å². The van der Waals surface area contributed by atoms with Crippen LogP contribution in [0.5, 0.6) is 0 Å². The predicted molar refractivity (Wildman–Crippen MR) is 63.9 cm³/mol. The molecule has 1 aromatic heterocycles. The summed E-state index contributed by atoms with van der Waals surface area (Å²) in [5, 5.41) is 0. The normalized spacial score (nSPS) is 14.2. The number of hydrogen-bond donors (Lipinski definition) is 0. The van der Waals surface area contributed by atoms with Crippen LogP contribution in [0.25, 0.3) is 11.3 Å². The molecular formula is C13H11BrO. The van der Waals surface area contributed by atoms with Crippen molar-refractivity contribution in [2.75, 3.05) is 0 Å². The van der Waals surface area contributed by atoms with E-state index in [4.69, 9.17) is 4.42 Å². The van der Waals surface area contributed by atoms with E-state index in [1.807, 2.05) is 12.1 Å². The fourth-order valence-electron chi connectivity index (χ4n) is 2.09. The van der Waals surface area contributed by atoms with Gasteiger partial charge >= 0.3 is 0 Å². The predicted octanol–water partition coefficient (Wildman–Crippen LogP) is 4.20. The van der Waals surface area contributed by atoms with Crippen LogP contribution in [0.15, 0.2) is 39.2 Å². The zero-order chi connectivity index (χ0) is 10.3. The summed E-state index contributed by atoms with van der Waals surface area (Å²) in [5.41, 5.74) is 2.56. The summed E-state index contributed by atoms with van der Waals surface area (Å²) >= 11 is 3.43. The SMILES string of the molecule is Brc1ccc(-c2cc3c(o2)CCC3)cc1. The van der Waals surface area contributed by atoms with E-state index in [1.165, 1.54) is 24.2 Å². The maximum Gasteiger partial charge on any atom is 0.134 e. The maximum absolute atomic E-state index is 5.84. The van der Waals surface area contributed by atoms with Crippen molar-refractivity contribution in [2.24, 2.45) is 0 Å².